The number of hydrogen-bond donors (Lipinski definition) is 1. The smallest absolute Gasteiger partial charge is 0.247 e. The molecule has 0 aromatic heterocycles. The summed E-state index contributed by atoms with van der Waals surface area (Å²) in [6.07, 6.45) is 0. The third kappa shape index (κ3) is 2.33. The summed E-state index contributed by atoms with van der Waals surface area (Å²) in [6.45, 7) is 1.04. The molecule has 23 heavy (non-hydrogen) atoms. The predicted octanol–water partition coefficient (Wildman–Crippen LogP) is 2.53. The lowest BCUT2D eigenvalue weighted by Gasteiger charge is -2.45. The topological polar surface area (TPSA) is 64.8 Å². The van der Waals surface area contributed by atoms with E-state index in [0.29, 0.717) is 29.7 Å². The van der Waals surface area contributed by atoms with Gasteiger partial charge in [-0.2, -0.15) is 0 Å². The van der Waals surface area contributed by atoms with Gasteiger partial charge in [-0.25, -0.2) is 0 Å². The highest BCUT2D eigenvalue weighted by Gasteiger charge is 2.46. The number of β-lactam (4-membered cyclic amide) rings is 1. The molecule has 2 N–H and O–H groups in total. The average molecular weight is 331 g/mol. The molecule has 2 aliphatic heterocycles. The highest BCUT2D eigenvalue weighted by Crippen LogP contribution is 2.42. The molecule has 2 aromatic carbocycles. The van der Waals surface area contributed by atoms with E-state index in [4.69, 9.17) is 26.8 Å². The Balaban J connectivity index is 1.69. The largest absolute Gasteiger partial charge is 0.486 e. The maximum absolute atomic E-state index is 12.3. The minimum atomic E-state index is -0.552. The summed E-state index contributed by atoms with van der Waals surface area (Å²) in [5.41, 5.74) is 7.73. The van der Waals surface area contributed by atoms with Gasteiger partial charge in [0, 0.05) is 16.8 Å². The van der Waals surface area contributed by atoms with E-state index in [1.807, 2.05) is 30.3 Å². The molecule has 0 saturated carbocycles. The van der Waals surface area contributed by atoms with Crippen LogP contribution >= 0.6 is 11.6 Å². The second-order valence-electron chi connectivity index (χ2n) is 5.56. The molecule has 2 aromatic rings. The maximum Gasteiger partial charge on any atom is 0.247 e. The van der Waals surface area contributed by atoms with Crippen molar-refractivity contribution in [1.82, 2.24) is 0 Å². The molecule has 2 heterocycles. The Morgan fingerprint density at radius 2 is 1.74 bits per heavy atom. The van der Waals surface area contributed by atoms with Gasteiger partial charge in [0.05, 0.1) is 6.04 Å². The van der Waals surface area contributed by atoms with Crippen LogP contribution in [-0.4, -0.2) is 25.2 Å². The third-order valence-electron chi connectivity index (χ3n) is 4.16. The minimum absolute atomic E-state index is 0.110. The van der Waals surface area contributed by atoms with E-state index >= 15 is 0 Å². The molecule has 1 fully saturated rings. The molecule has 118 valence electrons. The van der Waals surface area contributed by atoms with E-state index < -0.39 is 6.04 Å². The zero-order valence-electron chi connectivity index (χ0n) is 12.2. The summed E-state index contributed by atoms with van der Waals surface area (Å²) >= 11 is 5.93. The van der Waals surface area contributed by atoms with Crippen molar-refractivity contribution in [2.24, 2.45) is 5.73 Å². The number of benzene rings is 2. The standard InChI is InChI=1S/C17H15ClN2O3/c18-11-3-1-10(2-4-11)16-15(19)17(21)20(16)12-5-6-13-14(9-12)23-8-7-22-13/h1-6,9,15-16H,7-8,19H2. The fourth-order valence-corrected chi connectivity index (χ4v) is 3.12. The van der Waals surface area contributed by atoms with Crippen molar-refractivity contribution in [2.75, 3.05) is 18.1 Å². The second-order valence-corrected chi connectivity index (χ2v) is 5.99. The van der Waals surface area contributed by atoms with Crippen molar-refractivity contribution in [2.45, 2.75) is 12.1 Å². The molecule has 5 nitrogen and oxygen atoms in total. The maximum atomic E-state index is 12.3. The molecule has 1 saturated heterocycles. The average Bonchev–Trinajstić information content (AvgIpc) is 2.59. The summed E-state index contributed by atoms with van der Waals surface area (Å²) in [6, 6.07) is 12.1. The van der Waals surface area contributed by atoms with Crippen molar-refractivity contribution in [1.29, 1.82) is 0 Å². The van der Waals surface area contributed by atoms with Crippen LogP contribution in [0, 0.1) is 0 Å². The van der Waals surface area contributed by atoms with E-state index in [1.54, 1.807) is 17.0 Å². The van der Waals surface area contributed by atoms with Crippen molar-refractivity contribution in [3.05, 3.63) is 53.1 Å². The Bertz CT molecular complexity index is 763. The number of carbonyl (C=O) groups is 1. The third-order valence-corrected chi connectivity index (χ3v) is 4.41. The quantitative estimate of drug-likeness (QED) is 0.859. The van der Waals surface area contributed by atoms with E-state index in [2.05, 4.69) is 0 Å². The lowest BCUT2D eigenvalue weighted by Crippen LogP contribution is -2.63. The van der Waals surface area contributed by atoms with Crippen LogP contribution in [0.25, 0.3) is 0 Å². The van der Waals surface area contributed by atoms with Gasteiger partial charge < -0.3 is 20.1 Å². The van der Waals surface area contributed by atoms with Gasteiger partial charge in [-0.15, -0.1) is 0 Å². The van der Waals surface area contributed by atoms with Crippen LogP contribution < -0.4 is 20.1 Å². The SMILES string of the molecule is NC1C(=O)N(c2ccc3c(c2)OCCO3)C1c1ccc(Cl)cc1. The fourth-order valence-electron chi connectivity index (χ4n) is 3.00. The molecule has 6 heteroatoms. The number of hydrogen-bond acceptors (Lipinski definition) is 4. The number of carbonyl (C=O) groups excluding carboxylic acids is 1. The van der Waals surface area contributed by atoms with Gasteiger partial charge in [-0.3, -0.25) is 4.79 Å². The Hall–Kier alpha value is -2.24. The molecule has 0 bridgehead atoms. The number of ether oxygens (including phenoxy) is 2. The van der Waals surface area contributed by atoms with Gasteiger partial charge in [0.25, 0.3) is 0 Å². The van der Waals surface area contributed by atoms with Crippen molar-refractivity contribution >= 4 is 23.2 Å². The van der Waals surface area contributed by atoms with E-state index in [0.717, 1.165) is 11.3 Å². The highest BCUT2D eigenvalue weighted by atomic mass is 35.5. The van der Waals surface area contributed by atoms with Crippen molar-refractivity contribution in [3.8, 4) is 11.5 Å². The van der Waals surface area contributed by atoms with E-state index in [1.165, 1.54) is 0 Å². The molecule has 2 atom stereocenters. The number of nitrogens with two attached hydrogens (primary N) is 1. The number of amides is 1. The minimum Gasteiger partial charge on any atom is -0.486 e. The van der Waals surface area contributed by atoms with Gasteiger partial charge in [0.15, 0.2) is 11.5 Å². The van der Waals surface area contributed by atoms with Crippen LogP contribution in [0.4, 0.5) is 5.69 Å². The normalized spacial score (nSPS) is 22.7. The highest BCUT2D eigenvalue weighted by molar-refractivity contribution is 6.30. The van der Waals surface area contributed by atoms with Crippen molar-refractivity contribution in [3.63, 3.8) is 0 Å². The first-order chi connectivity index (χ1) is 11.1. The lowest BCUT2D eigenvalue weighted by molar-refractivity contribution is -0.126. The van der Waals surface area contributed by atoms with Gasteiger partial charge >= 0.3 is 0 Å². The zero-order valence-corrected chi connectivity index (χ0v) is 13.0. The van der Waals surface area contributed by atoms with Crippen LogP contribution in [0.15, 0.2) is 42.5 Å². The number of anilines is 1. The first-order valence-electron chi connectivity index (χ1n) is 7.39. The van der Waals surface area contributed by atoms with Gasteiger partial charge in [-0.1, -0.05) is 23.7 Å². The molecule has 4 rings (SSSR count). The van der Waals surface area contributed by atoms with Crippen LogP contribution in [0.5, 0.6) is 11.5 Å². The van der Waals surface area contributed by atoms with Crippen molar-refractivity contribution < 1.29 is 14.3 Å². The number of rotatable bonds is 2. The summed E-state index contributed by atoms with van der Waals surface area (Å²) in [5.74, 6) is 1.24. The molecule has 0 aliphatic carbocycles. The molecule has 2 unspecified atom stereocenters. The Labute approximate surface area is 138 Å². The molecule has 1 amide bonds. The van der Waals surface area contributed by atoms with Crippen LogP contribution in [0.1, 0.15) is 11.6 Å². The first-order valence-corrected chi connectivity index (χ1v) is 7.77. The predicted molar refractivity (Wildman–Crippen MR) is 87.1 cm³/mol. The van der Waals surface area contributed by atoms with Gasteiger partial charge in [-0.05, 0) is 29.8 Å². The van der Waals surface area contributed by atoms with Gasteiger partial charge in [0.2, 0.25) is 5.91 Å². The molecular weight excluding hydrogens is 316 g/mol. The summed E-state index contributed by atoms with van der Waals surface area (Å²) in [5, 5.41) is 0.652. The summed E-state index contributed by atoms with van der Waals surface area (Å²) < 4.78 is 11.1. The van der Waals surface area contributed by atoms with Crippen LogP contribution in [0.2, 0.25) is 5.02 Å². The van der Waals surface area contributed by atoms with E-state index in [9.17, 15) is 4.79 Å². The molecule has 0 spiro atoms. The Kier molecular flexibility index (Phi) is 3.39. The van der Waals surface area contributed by atoms with Crippen LogP contribution in [-0.2, 0) is 4.79 Å². The fraction of sp³-hybridized carbons (Fsp3) is 0.235. The number of nitrogens with zero attached hydrogens (tertiary/aromatic N) is 1. The van der Waals surface area contributed by atoms with Crippen LogP contribution in [0.3, 0.4) is 0 Å². The summed E-state index contributed by atoms with van der Waals surface area (Å²) in [4.78, 5) is 14.0. The monoisotopic (exact) mass is 330 g/mol. The number of fused-ring (bicyclic) bond motifs is 1. The lowest BCUT2D eigenvalue weighted by atomic mass is 9.88. The molecular formula is C17H15ClN2O3. The molecule has 0 radical (unpaired) electrons. The first kappa shape index (κ1) is 14.4. The van der Waals surface area contributed by atoms with Gasteiger partial charge in [0.1, 0.15) is 19.3 Å². The Morgan fingerprint density at radius 3 is 2.48 bits per heavy atom. The molecule has 2 aliphatic rings. The Morgan fingerprint density at radius 1 is 1.04 bits per heavy atom. The van der Waals surface area contributed by atoms with E-state index in [-0.39, 0.29) is 11.9 Å². The number of halogens is 1. The zero-order chi connectivity index (χ0) is 16.0. The second kappa shape index (κ2) is 5.44. The summed E-state index contributed by atoms with van der Waals surface area (Å²) in [7, 11) is 0.